The van der Waals surface area contributed by atoms with Gasteiger partial charge in [-0.1, -0.05) is 0 Å². The van der Waals surface area contributed by atoms with Crippen molar-refractivity contribution in [2.75, 3.05) is 33.0 Å². The van der Waals surface area contributed by atoms with Gasteiger partial charge < -0.3 is 111 Å². The fraction of sp³-hybridized carbons (Fsp3) is 0.917. The average molecular weight is 703 g/mol. The summed E-state index contributed by atoms with van der Waals surface area (Å²) in [7, 11) is 0. The maximum absolute atomic E-state index is 10.5. The largest absolute Gasteiger partial charge is 0.394 e. The summed E-state index contributed by atoms with van der Waals surface area (Å²) >= 11 is 0. The first kappa shape index (κ1) is 45.5. The zero-order valence-electron chi connectivity index (χ0n) is 24.5. The van der Waals surface area contributed by atoms with Crippen LogP contribution in [-0.4, -0.2) is 241 Å². The van der Waals surface area contributed by atoms with Crippen LogP contribution in [0.3, 0.4) is 0 Å². The zero-order chi connectivity index (χ0) is 36.8. The Morgan fingerprint density at radius 3 is 1.60 bits per heavy atom. The minimum absolute atomic E-state index is 0.0258. The molecule has 0 aromatic carbocycles. The molecule has 2 aliphatic heterocycles. The number of hydrogen-bond acceptors (Lipinski definition) is 23. The van der Waals surface area contributed by atoms with Gasteiger partial charge in [-0.3, -0.25) is 4.79 Å². The molecule has 0 radical (unpaired) electrons. The summed E-state index contributed by atoms with van der Waals surface area (Å²) in [6.07, 6.45) is -27.6. The second-order valence-corrected chi connectivity index (χ2v) is 10.2. The normalized spacial score (nSPS) is 35.4. The Labute approximate surface area is 265 Å². The van der Waals surface area contributed by atoms with Crippen LogP contribution in [0.4, 0.5) is 0 Å². The Morgan fingerprint density at radius 2 is 1.15 bits per heavy atom. The van der Waals surface area contributed by atoms with Crippen LogP contribution in [0.25, 0.3) is 0 Å². The van der Waals surface area contributed by atoms with Crippen molar-refractivity contribution in [2.24, 2.45) is 0 Å². The van der Waals surface area contributed by atoms with E-state index in [0.717, 1.165) is 0 Å². The third kappa shape index (κ3) is 13.0. The maximum atomic E-state index is 10.5. The fourth-order valence-electron chi connectivity index (χ4n) is 3.79. The Balaban J connectivity index is 0.000000749. The van der Waals surface area contributed by atoms with Gasteiger partial charge in [0.05, 0.1) is 26.4 Å². The number of aldehydes is 1. The summed E-state index contributed by atoms with van der Waals surface area (Å²) in [5, 5.41) is 163. The van der Waals surface area contributed by atoms with E-state index in [2.05, 4.69) is 0 Å². The highest BCUT2D eigenvalue weighted by molar-refractivity contribution is 5.84. The molecule has 0 bridgehead atoms. The van der Waals surface area contributed by atoms with Crippen molar-refractivity contribution in [1.29, 1.82) is 0 Å². The SMILES string of the molecule is O=C(CO)[C@@H](O)[C@@H](O)[C@H](O)CO.O=C[C@H](O)[C@@H](O)[C@@H](O)[C@H](O)CO.OC[C@H]1O[C@@H](O[C@H]2[C@H](O)[C@@H](O)[C@H](O)O[C@@H]2CO)[C@H](O)[C@@H](O)[C@H]1O. The van der Waals surface area contributed by atoms with E-state index in [1.165, 1.54) is 0 Å². The van der Waals surface area contributed by atoms with E-state index in [-0.39, 0.29) is 6.29 Å². The molecule has 0 aromatic rings. The molecule has 2 saturated heterocycles. The van der Waals surface area contributed by atoms with Crippen LogP contribution in [0.15, 0.2) is 0 Å². The van der Waals surface area contributed by atoms with Crippen molar-refractivity contribution in [3.05, 3.63) is 0 Å². The quantitative estimate of drug-likeness (QED) is 0.0747. The van der Waals surface area contributed by atoms with Gasteiger partial charge in [0.2, 0.25) is 0 Å². The number of aliphatic hydroxyl groups is 18. The number of aliphatic hydroxyl groups excluding tert-OH is 18. The molecule has 0 unspecified atom stereocenters. The first-order chi connectivity index (χ1) is 21.9. The number of ether oxygens (including phenoxy) is 3. The summed E-state index contributed by atoms with van der Waals surface area (Å²) < 4.78 is 15.3. The highest BCUT2D eigenvalue weighted by Gasteiger charge is 2.50. The predicted octanol–water partition coefficient (Wildman–Crippen LogP) is -12.2. The van der Waals surface area contributed by atoms with E-state index in [1.54, 1.807) is 0 Å². The second kappa shape index (κ2) is 22.3. The lowest BCUT2D eigenvalue weighted by Gasteiger charge is -2.45. The molecule has 0 saturated carbocycles. The molecular formula is C24H46O23. The van der Waals surface area contributed by atoms with Crippen LogP contribution in [0, 0.1) is 0 Å². The van der Waals surface area contributed by atoms with Gasteiger partial charge in [-0.2, -0.15) is 0 Å². The van der Waals surface area contributed by atoms with Gasteiger partial charge in [-0.05, 0) is 0 Å². The lowest BCUT2D eigenvalue weighted by atomic mass is 9.97. The smallest absolute Gasteiger partial charge is 0.189 e. The summed E-state index contributed by atoms with van der Waals surface area (Å²) in [4.78, 5) is 20.4. The molecule has 0 aliphatic carbocycles. The van der Waals surface area contributed by atoms with Crippen LogP contribution in [-0.2, 0) is 23.8 Å². The van der Waals surface area contributed by atoms with E-state index in [0.29, 0.717) is 0 Å². The lowest BCUT2D eigenvalue weighted by molar-refractivity contribution is -0.355. The molecule has 23 heteroatoms. The van der Waals surface area contributed by atoms with Gasteiger partial charge in [0.1, 0.15) is 98.2 Å². The molecule has 2 fully saturated rings. The average Bonchev–Trinajstić information content (AvgIpc) is 3.09. The molecular weight excluding hydrogens is 656 g/mol. The van der Waals surface area contributed by atoms with Gasteiger partial charge >= 0.3 is 0 Å². The van der Waals surface area contributed by atoms with E-state index in [1.807, 2.05) is 0 Å². The molecule has 47 heavy (non-hydrogen) atoms. The topological polar surface area (TPSA) is 426 Å². The van der Waals surface area contributed by atoms with Crippen LogP contribution in [0.5, 0.6) is 0 Å². The van der Waals surface area contributed by atoms with Crippen LogP contribution >= 0.6 is 0 Å². The highest BCUT2D eigenvalue weighted by Crippen LogP contribution is 2.28. The summed E-state index contributed by atoms with van der Waals surface area (Å²) in [6, 6.07) is 0. The molecule has 18 N–H and O–H groups in total. The van der Waals surface area contributed by atoms with Gasteiger partial charge in [-0.25, -0.2) is 0 Å². The first-order valence-corrected chi connectivity index (χ1v) is 13.7. The number of ketones is 1. The molecule has 0 amide bonds. The lowest BCUT2D eigenvalue weighted by Crippen LogP contribution is -2.64. The van der Waals surface area contributed by atoms with Crippen LogP contribution in [0.1, 0.15) is 0 Å². The number of Topliss-reactive ketones (excluding diaryl/α,β-unsaturated/α-hetero) is 1. The number of carbonyl (C=O) groups excluding carboxylic acids is 2. The summed E-state index contributed by atoms with van der Waals surface area (Å²) in [5.41, 5.74) is 0. The Morgan fingerprint density at radius 1 is 0.638 bits per heavy atom. The minimum atomic E-state index is -1.86. The third-order valence-corrected chi connectivity index (χ3v) is 6.79. The van der Waals surface area contributed by atoms with Gasteiger partial charge in [0, 0.05) is 0 Å². The third-order valence-electron chi connectivity index (χ3n) is 6.79. The van der Waals surface area contributed by atoms with E-state index >= 15 is 0 Å². The maximum Gasteiger partial charge on any atom is 0.189 e. The highest BCUT2D eigenvalue weighted by atomic mass is 16.7. The first-order valence-electron chi connectivity index (χ1n) is 13.7. The Hall–Kier alpha value is -1.50. The number of hydrogen-bond donors (Lipinski definition) is 18. The van der Waals surface area contributed by atoms with Crippen LogP contribution < -0.4 is 0 Å². The molecule has 2 rings (SSSR count). The van der Waals surface area contributed by atoms with Crippen molar-refractivity contribution in [2.45, 2.75) is 104 Å². The molecule has 2 heterocycles. The monoisotopic (exact) mass is 702 g/mol. The number of carbonyl (C=O) groups is 2. The standard InChI is InChI=1S/C12H22O11.2C6H12O6/c13-1-3-5(15)6(16)9(19)12(22-3)23-10-4(2-14)21-11(20)8(18)7(10)17;2*7-1-3(9)5(11)6(12)4(10)2-8/h3-20H,1-2H2;3,5-9,11-12H,1-2H2;1,3-6,8-12H,2H2/t3-,4-,5+,6+,7-,8-,9-,10-,11-,12+;3-,5+,6-;3-,4+,5+,6-/m110/s1. The van der Waals surface area contributed by atoms with Crippen LogP contribution in [0.2, 0.25) is 0 Å². The van der Waals surface area contributed by atoms with Gasteiger partial charge in [-0.15, -0.1) is 0 Å². The van der Waals surface area contributed by atoms with Gasteiger partial charge in [0.15, 0.2) is 24.6 Å². The van der Waals surface area contributed by atoms with Crippen molar-refractivity contribution in [3.63, 3.8) is 0 Å². The molecule has 2 aliphatic rings. The Bertz CT molecular complexity index is 865. The summed E-state index contributed by atoms with van der Waals surface area (Å²) in [6.45, 7) is -3.79. The summed E-state index contributed by atoms with van der Waals surface area (Å²) in [5.74, 6) is -1.00. The molecule has 0 spiro atoms. The molecule has 23 nitrogen and oxygen atoms in total. The predicted molar refractivity (Wildman–Crippen MR) is 143 cm³/mol. The Kier molecular flexibility index (Phi) is 21.6. The molecule has 280 valence electrons. The fourth-order valence-corrected chi connectivity index (χ4v) is 3.79. The van der Waals surface area contributed by atoms with Crippen molar-refractivity contribution in [3.8, 4) is 0 Å². The van der Waals surface area contributed by atoms with Crippen molar-refractivity contribution in [1.82, 2.24) is 0 Å². The second-order valence-electron chi connectivity index (χ2n) is 10.2. The molecule has 0 aromatic heterocycles. The van der Waals surface area contributed by atoms with Crippen molar-refractivity contribution >= 4 is 12.1 Å². The van der Waals surface area contributed by atoms with Gasteiger partial charge in [0.25, 0.3) is 0 Å². The minimum Gasteiger partial charge on any atom is -0.394 e. The molecule has 17 atom stereocenters. The zero-order valence-corrected chi connectivity index (χ0v) is 24.5. The van der Waals surface area contributed by atoms with E-state index in [4.69, 9.17) is 70.4 Å². The van der Waals surface area contributed by atoms with E-state index < -0.39 is 143 Å². The van der Waals surface area contributed by atoms with E-state index in [9.17, 15) is 45.3 Å². The van der Waals surface area contributed by atoms with Crippen molar-refractivity contribution < 1.29 is 116 Å². The number of rotatable bonds is 14.